The van der Waals surface area contributed by atoms with Gasteiger partial charge in [-0.2, -0.15) is 5.26 Å². The Labute approximate surface area is 163 Å². The third kappa shape index (κ3) is 3.82. The van der Waals surface area contributed by atoms with Crippen LogP contribution < -0.4 is 10.2 Å². The van der Waals surface area contributed by atoms with Gasteiger partial charge in [0, 0.05) is 16.3 Å². The first-order valence-corrected chi connectivity index (χ1v) is 8.34. The second-order valence-corrected chi connectivity index (χ2v) is 6.35. The lowest BCUT2D eigenvalue weighted by Gasteiger charge is -2.28. The number of imide groups is 2. The molecule has 2 aromatic rings. The molecule has 1 N–H and O–H groups in total. The van der Waals surface area contributed by atoms with E-state index >= 15 is 0 Å². The summed E-state index contributed by atoms with van der Waals surface area (Å²) in [5.74, 6) is -2.92. The van der Waals surface area contributed by atoms with Crippen LogP contribution >= 0.6 is 23.2 Å². The number of carbonyl (C=O) groups is 3. The van der Waals surface area contributed by atoms with Crippen LogP contribution in [0.3, 0.4) is 0 Å². The Hall–Kier alpha value is -3.21. The standard InChI is InChI=1S/C18H10Cl2N4O3/c19-11-3-5-13(6-4-11)24-17(26)14(16(25)23-18(24)27)9-22-15-7-12(20)2-1-10(15)8-21/h1-7,9,14H,(H,23,25,27)/t14-/m0/s1. The van der Waals surface area contributed by atoms with Gasteiger partial charge in [-0.1, -0.05) is 23.2 Å². The molecule has 0 saturated carbocycles. The first-order valence-electron chi connectivity index (χ1n) is 7.59. The van der Waals surface area contributed by atoms with E-state index in [-0.39, 0.29) is 16.9 Å². The van der Waals surface area contributed by atoms with Crippen LogP contribution in [-0.2, 0) is 9.59 Å². The van der Waals surface area contributed by atoms with E-state index in [1.807, 2.05) is 6.07 Å². The Balaban J connectivity index is 1.93. The number of amides is 4. The minimum Gasteiger partial charge on any atom is -0.276 e. The monoisotopic (exact) mass is 400 g/mol. The van der Waals surface area contributed by atoms with E-state index in [0.29, 0.717) is 10.0 Å². The predicted octanol–water partition coefficient (Wildman–Crippen LogP) is 3.47. The van der Waals surface area contributed by atoms with Gasteiger partial charge < -0.3 is 0 Å². The highest BCUT2D eigenvalue weighted by molar-refractivity contribution is 6.33. The molecule has 1 aliphatic heterocycles. The largest absolute Gasteiger partial charge is 0.335 e. The number of nitrogens with one attached hydrogen (secondary N) is 1. The molecule has 1 fully saturated rings. The van der Waals surface area contributed by atoms with E-state index in [9.17, 15) is 14.4 Å². The zero-order valence-corrected chi connectivity index (χ0v) is 15.0. The molecule has 1 aliphatic rings. The van der Waals surface area contributed by atoms with Gasteiger partial charge in [-0.3, -0.25) is 19.9 Å². The number of urea groups is 1. The van der Waals surface area contributed by atoms with Crippen molar-refractivity contribution in [1.29, 1.82) is 5.26 Å². The molecule has 1 atom stereocenters. The molecule has 3 rings (SSSR count). The topological polar surface area (TPSA) is 103 Å². The summed E-state index contributed by atoms with van der Waals surface area (Å²) in [6, 6.07) is 11.5. The summed E-state index contributed by atoms with van der Waals surface area (Å²) in [7, 11) is 0. The highest BCUT2D eigenvalue weighted by Crippen LogP contribution is 2.25. The number of nitriles is 1. The summed E-state index contributed by atoms with van der Waals surface area (Å²) >= 11 is 11.7. The van der Waals surface area contributed by atoms with Gasteiger partial charge in [0.2, 0.25) is 5.91 Å². The first kappa shape index (κ1) is 18.6. The highest BCUT2D eigenvalue weighted by Gasteiger charge is 2.40. The molecular formula is C18H10Cl2N4O3. The number of carbonyl (C=O) groups excluding carboxylic acids is 3. The molecule has 134 valence electrons. The molecule has 0 spiro atoms. The van der Waals surface area contributed by atoms with Gasteiger partial charge >= 0.3 is 6.03 Å². The predicted molar refractivity (Wildman–Crippen MR) is 100 cm³/mol. The molecule has 0 aliphatic carbocycles. The van der Waals surface area contributed by atoms with Crippen molar-refractivity contribution in [3.8, 4) is 6.07 Å². The van der Waals surface area contributed by atoms with Crippen LogP contribution in [0.1, 0.15) is 5.56 Å². The van der Waals surface area contributed by atoms with Gasteiger partial charge in [-0.25, -0.2) is 9.69 Å². The van der Waals surface area contributed by atoms with E-state index in [1.165, 1.54) is 42.5 Å². The fourth-order valence-corrected chi connectivity index (χ4v) is 2.71. The number of rotatable bonds is 3. The minimum absolute atomic E-state index is 0.209. The Bertz CT molecular complexity index is 1010. The maximum atomic E-state index is 12.7. The lowest BCUT2D eigenvalue weighted by molar-refractivity contribution is -0.131. The van der Waals surface area contributed by atoms with Crippen molar-refractivity contribution in [2.45, 2.75) is 0 Å². The number of barbiturate groups is 1. The van der Waals surface area contributed by atoms with E-state index in [1.54, 1.807) is 0 Å². The van der Waals surface area contributed by atoms with E-state index in [2.05, 4.69) is 10.3 Å². The van der Waals surface area contributed by atoms with Crippen LogP contribution in [-0.4, -0.2) is 24.1 Å². The van der Waals surface area contributed by atoms with Gasteiger partial charge in [-0.15, -0.1) is 0 Å². The van der Waals surface area contributed by atoms with Gasteiger partial charge in [0.1, 0.15) is 6.07 Å². The number of anilines is 1. The number of hydrogen-bond acceptors (Lipinski definition) is 5. The summed E-state index contributed by atoms with van der Waals surface area (Å²) in [5, 5.41) is 12.0. The molecule has 1 saturated heterocycles. The summed E-state index contributed by atoms with van der Waals surface area (Å²) in [6.07, 6.45) is 1.08. The lowest BCUT2D eigenvalue weighted by atomic mass is 10.1. The van der Waals surface area contributed by atoms with E-state index in [0.717, 1.165) is 11.1 Å². The Morgan fingerprint density at radius 3 is 2.41 bits per heavy atom. The quantitative estimate of drug-likeness (QED) is 0.628. The number of nitrogens with zero attached hydrogens (tertiary/aromatic N) is 3. The SMILES string of the molecule is N#Cc1ccc(Cl)cc1N=C[C@H]1C(=O)NC(=O)N(c2ccc(Cl)cc2)C1=O. The van der Waals surface area contributed by atoms with Crippen LogP contribution in [0, 0.1) is 17.2 Å². The zero-order chi connectivity index (χ0) is 19.6. The summed E-state index contributed by atoms with van der Waals surface area (Å²) in [4.78, 5) is 41.8. The molecule has 1 heterocycles. The van der Waals surface area contributed by atoms with Crippen molar-refractivity contribution in [3.05, 3.63) is 58.1 Å². The number of benzene rings is 2. The fraction of sp³-hybridized carbons (Fsp3) is 0.0556. The third-order valence-corrected chi connectivity index (χ3v) is 4.22. The van der Waals surface area contributed by atoms with Gasteiger partial charge in [0.05, 0.1) is 16.9 Å². The number of halogens is 2. The highest BCUT2D eigenvalue weighted by atomic mass is 35.5. The van der Waals surface area contributed by atoms with Crippen LogP contribution in [0.2, 0.25) is 10.0 Å². The molecule has 2 aromatic carbocycles. The molecule has 0 radical (unpaired) electrons. The van der Waals surface area contributed by atoms with Crippen molar-refractivity contribution in [2.75, 3.05) is 4.90 Å². The Morgan fingerprint density at radius 1 is 1.07 bits per heavy atom. The fourth-order valence-electron chi connectivity index (χ4n) is 2.42. The third-order valence-electron chi connectivity index (χ3n) is 3.73. The molecule has 0 bridgehead atoms. The average molecular weight is 401 g/mol. The molecule has 7 nitrogen and oxygen atoms in total. The Kier molecular flexibility index (Phi) is 5.21. The van der Waals surface area contributed by atoms with Crippen molar-refractivity contribution in [3.63, 3.8) is 0 Å². The molecular weight excluding hydrogens is 391 g/mol. The second kappa shape index (κ2) is 7.58. The van der Waals surface area contributed by atoms with Crippen molar-refractivity contribution in [2.24, 2.45) is 10.9 Å². The smallest absolute Gasteiger partial charge is 0.276 e. The van der Waals surface area contributed by atoms with Gasteiger partial charge in [0.15, 0.2) is 5.92 Å². The van der Waals surface area contributed by atoms with Crippen LogP contribution in [0.15, 0.2) is 47.5 Å². The normalized spacial score (nSPS) is 17.1. The summed E-state index contributed by atoms with van der Waals surface area (Å²) in [6.45, 7) is 0. The number of hydrogen-bond donors (Lipinski definition) is 1. The van der Waals surface area contributed by atoms with Crippen molar-refractivity contribution in [1.82, 2.24) is 5.32 Å². The molecule has 27 heavy (non-hydrogen) atoms. The van der Waals surface area contributed by atoms with Crippen LogP contribution in [0.4, 0.5) is 16.2 Å². The number of aliphatic imine (C=N–C) groups is 1. The average Bonchev–Trinajstić information content (AvgIpc) is 2.63. The van der Waals surface area contributed by atoms with Crippen molar-refractivity contribution < 1.29 is 14.4 Å². The molecule has 0 unspecified atom stereocenters. The summed E-state index contributed by atoms with van der Waals surface area (Å²) in [5.41, 5.74) is 0.693. The van der Waals surface area contributed by atoms with Gasteiger partial charge in [0.25, 0.3) is 5.91 Å². The molecule has 4 amide bonds. The van der Waals surface area contributed by atoms with Crippen molar-refractivity contribution >= 4 is 58.6 Å². The Morgan fingerprint density at radius 2 is 1.74 bits per heavy atom. The maximum absolute atomic E-state index is 12.7. The van der Waals surface area contributed by atoms with E-state index in [4.69, 9.17) is 28.5 Å². The molecule has 9 heteroatoms. The van der Waals surface area contributed by atoms with Crippen LogP contribution in [0.5, 0.6) is 0 Å². The minimum atomic E-state index is -1.34. The lowest BCUT2D eigenvalue weighted by Crippen LogP contribution is -2.58. The van der Waals surface area contributed by atoms with Crippen LogP contribution in [0.25, 0.3) is 0 Å². The van der Waals surface area contributed by atoms with Gasteiger partial charge in [-0.05, 0) is 42.5 Å². The summed E-state index contributed by atoms with van der Waals surface area (Å²) < 4.78 is 0. The first-order chi connectivity index (χ1) is 12.9. The maximum Gasteiger partial charge on any atom is 0.335 e. The second-order valence-electron chi connectivity index (χ2n) is 5.47. The molecule has 0 aromatic heterocycles. The zero-order valence-electron chi connectivity index (χ0n) is 13.5. The van der Waals surface area contributed by atoms with E-state index < -0.39 is 23.8 Å².